The van der Waals surface area contributed by atoms with Crippen molar-refractivity contribution in [2.45, 2.75) is 37.8 Å². The van der Waals surface area contributed by atoms with Crippen molar-refractivity contribution in [1.82, 2.24) is 10.2 Å². The van der Waals surface area contributed by atoms with Crippen LogP contribution in [-0.4, -0.2) is 37.1 Å². The molecule has 0 aromatic heterocycles. The topological polar surface area (TPSA) is 15.3 Å². The highest BCUT2D eigenvalue weighted by Crippen LogP contribution is 2.20. The predicted octanol–water partition coefficient (Wildman–Crippen LogP) is 0.833. The van der Waals surface area contributed by atoms with Crippen LogP contribution in [0.15, 0.2) is 0 Å². The normalized spacial score (nSPS) is 33.0. The Labute approximate surface area is 69.0 Å². The summed E-state index contributed by atoms with van der Waals surface area (Å²) in [6.07, 6.45) is 5.62. The lowest BCUT2D eigenvalue weighted by atomic mass is 10.2. The van der Waals surface area contributed by atoms with Gasteiger partial charge in [-0.05, 0) is 39.3 Å². The summed E-state index contributed by atoms with van der Waals surface area (Å²) in [5, 5.41) is 3.59. The summed E-state index contributed by atoms with van der Waals surface area (Å²) in [6, 6.07) is 1.71. The van der Waals surface area contributed by atoms with E-state index < -0.39 is 0 Å². The number of rotatable bonds is 3. The molecule has 1 saturated heterocycles. The van der Waals surface area contributed by atoms with Crippen LogP contribution in [0, 0.1) is 0 Å². The minimum Gasteiger partial charge on any atom is -0.312 e. The standard InChI is InChI=1S/C9H18N2/c1-11-6-2-3-9(11)7-10-8-4-5-8/h8-10H,2-7H2,1H3/t9-/m1/s1. The van der Waals surface area contributed by atoms with Gasteiger partial charge < -0.3 is 10.2 Å². The average Bonchev–Trinajstić information content (AvgIpc) is 2.73. The highest BCUT2D eigenvalue weighted by atomic mass is 15.2. The van der Waals surface area contributed by atoms with Gasteiger partial charge in [0, 0.05) is 18.6 Å². The molecule has 64 valence electrons. The summed E-state index contributed by atoms with van der Waals surface area (Å²) >= 11 is 0. The predicted molar refractivity (Wildman–Crippen MR) is 46.7 cm³/mol. The number of nitrogens with one attached hydrogen (secondary N) is 1. The molecule has 0 aromatic carbocycles. The molecule has 11 heavy (non-hydrogen) atoms. The fourth-order valence-corrected chi connectivity index (χ4v) is 1.83. The molecule has 1 aliphatic heterocycles. The zero-order valence-corrected chi connectivity index (χ0v) is 7.34. The first-order valence-electron chi connectivity index (χ1n) is 4.80. The molecule has 1 atom stereocenters. The van der Waals surface area contributed by atoms with Crippen LogP contribution in [0.5, 0.6) is 0 Å². The summed E-state index contributed by atoms with van der Waals surface area (Å²) in [7, 11) is 2.24. The van der Waals surface area contributed by atoms with Crippen molar-refractivity contribution in [2.75, 3.05) is 20.1 Å². The van der Waals surface area contributed by atoms with Crippen molar-refractivity contribution in [1.29, 1.82) is 0 Å². The third-order valence-corrected chi connectivity index (χ3v) is 2.89. The molecule has 2 heteroatoms. The Morgan fingerprint density at radius 3 is 2.73 bits per heavy atom. The van der Waals surface area contributed by atoms with Crippen LogP contribution in [-0.2, 0) is 0 Å². The number of hydrogen-bond acceptors (Lipinski definition) is 2. The molecule has 1 saturated carbocycles. The highest BCUT2D eigenvalue weighted by molar-refractivity contribution is 4.85. The summed E-state index contributed by atoms with van der Waals surface area (Å²) in [4.78, 5) is 2.48. The molecule has 0 aromatic rings. The molecule has 2 nitrogen and oxygen atoms in total. The van der Waals surface area contributed by atoms with E-state index in [-0.39, 0.29) is 0 Å². The van der Waals surface area contributed by atoms with E-state index in [1.54, 1.807) is 0 Å². The van der Waals surface area contributed by atoms with Crippen molar-refractivity contribution >= 4 is 0 Å². The molecule has 2 fully saturated rings. The van der Waals surface area contributed by atoms with E-state index in [0.717, 1.165) is 12.1 Å². The third-order valence-electron chi connectivity index (χ3n) is 2.89. The fraction of sp³-hybridized carbons (Fsp3) is 1.00. The van der Waals surface area contributed by atoms with Crippen molar-refractivity contribution in [2.24, 2.45) is 0 Å². The van der Waals surface area contributed by atoms with Crippen molar-refractivity contribution < 1.29 is 0 Å². The van der Waals surface area contributed by atoms with Gasteiger partial charge >= 0.3 is 0 Å². The summed E-state index contributed by atoms with van der Waals surface area (Å²) in [6.45, 7) is 2.53. The molecule has 0 spiro atoms. The maximum atomic E-state index is 3.59. The first-order chi connectivity index (χ1) is 5.36. The second-order valence-corrected chi connectivity index (χ2v) is 3.96. The van der Waals surface area contributed by atoms with Gasteiger partial charge in [-0.25, -0.2) is 0 Å². The Hall–Kier alpha value is -0.0800. The van der Waals surface area contributed by atoms with Crippen molar-refractivity contribution in [3.05, 3.63) is 0 Å². The first kappa shape index (κ1) is 7.56. The van der Waals surface area contributed by atoms with Gasteiger partial charge in [0.25, 0.3) is 0 Å². The maximum absolute atomic E-state index is 3.59. The summed E-state index contributed by atoms with van der Waals surface area (Å²) in [5.41, 5.74) is 0. The number of nitrogens with zero attached hydrogens (tertiary/aromatic N) is 1. The molecule has 1 aliphatic carbocycles. The SMILES string of the molecule is CN1CCC[C@@H]1CNC1CC1. The van der Waals surface area contributed by atoms with Gasteiger partial charge in [0.05, 0.1) is 0 Å². The third kappa shape index (κ3) is 1.94. The van der Waals surface area contributed by atoms with E-state index in [2.05, 4.69) is 17.3 Å². The fourth-order valence-electron chi connectivity index (χ4n) is 1.83. The van der Waals surface area contributed by atoms with E-state index in [1.807, 2.05) is 0 Å². The van der Waals surface area contributed by atoms with Gasteiger partial charge in [-0.3, -0.25) is 0 Å². The second kappa shape index (κ2) is 3.11. The van der Waals surface area contributed by atoms with Crippen LogP contribution >= 0.6 is 0 Å². The lowest BCUT2D eigenvalue weighted by molar-refractivity contribution is 0.300. The molecule has 0 unspecified atom stereocenters. The lowest BCUT2D eigenvalue weighted by Crippen LogP contribution is -2.36. The van der Waals surface area contributed by atoms with Crippen LogP contribution in [0.1, 0.15) is 25.7 Å². The van der Waals surface area contributed by atoms with Crippen molar-refractivity contribution in [3.8, 4) is 0 Å². The number of hydrogen-bond donors (Lipinski definition) is 1. The molecule has 0 radical (unpaired) electrons. The Bertz CT molecular complexity index is 132. The smallest absolute Gasteiger partial charge is 0.0218 e. The van der Waals surface area contributed by atoms with Crippen LogP contribution in [0.2, 0.25) is 0 Å². The maximum Gasteiger partial charge on any atom is 0.0218 e. The lowest BCUT2D eigenvalue weighted by Gasteiger charge is -2.19. The zero-order valence-electron chi connectivity index (χ0n) is 7.34. The van der Waals surface area contributed by atoms with Crippen LogP contribution in [0.3, 0.4) is 0 Å². The van der Waals surface area contributed by atoms with E-state index >= 15 is 0 Å². The van der Waals surface area contributed by atoms with E-state index in [9.17, 15) is 0 Å². The second-order valence-electron chi connectivity index (χ2n) is 3.96. The van der Waals surface area contributed by atoms with E-state index in [1.165, 1.54) is 38.8 Å². The average molecular weight is 154 g/mol. The first-order valence-corrected chi connectivity index (χ1v) is 4.80. The molecule has 1 heterocycles. The Balaban J connectivity index is 1.67. The van der Waals surface area contributed by atoms with Gasteiger partial charge in [0.2, 0.25) is 0 Å². The number of likely N-dealkylation sites (tertiary alicyclic amines) is 1. The largest absolute Gasteiger partial charge is 0.312 e. The monoisotopic (exact) mass is 154 g/mol. The molecular weight excluding hydrogens is 136 g/mol. The van der Waals surface area contributed by atoms with E-state index in [4.69, 9.17) is 0 Å². The number of likely N-dealkylation sites (N-methyl/N-ethyl adjacent to an activating group) is 1. The quantitative estimate of drug-likeness (QED) is 0.648. The molecule has 2 aliphatic rings. The molecule has 1 N–H and O–H groups in total. The van der Waals surface area contributed by atoms with Crippen molar-refractivity contribution in [3.63, 3.8) is 0 Å². The molecule has 0 amide bonds. The minimum atomic E-state index is 0.829. The Kier molecular flexibility index (Phi) is 2.14. The van der Waals surface area contributed by atoms with Gasteiger partial charge in [0.1, 0.15) is 0 Å². The van der Waals surface area contributed by atoms with Gasteiger partial charge in [-0.2, -0.15) is 0 Å². The van der Waals surface area contributed by atoms with Crippen LogP contribution in [0.4, 0.5) is 0 Å². The van der Waals surface area contributed by atoms with Crippen LogP contribution in [0.25, 0.3) is 0 Å². The molecular formula is C9H18N2. The zero-order chi connectivity index (χ0) is 7.68. The van der Waals surface area contributed by atoms with Crippen LogP contribution < -0.4 is 5.32 Å². The molecule has 2 rings (SSSR count). The minimum absolute atomic E-state index is 0.829. The highest BCUT2D eigenvalue weighted by Gasteiger charge is 2.25. The van der Waals surface area contributed by atoms with Gasteiger partial charge in [0.15, 0.2) is 0 Å². The summed E-state index contributed by atoms with van der Waals surface area (Å²) in [5.74, 6) is 0. The Morgan fingerprint density at radius 1 is 1.36 bits per heavy atom. The van der Waals surface area contributed by atoms with E-state index in [0.29, 0.717) is 0 Å². The van der Waals surface area contributed by atoms with Gasteiger partial charge in [-0.15, -0.1) is 0 Å². The van der Waals surface area contributed by atoms with Gasteiger partial charge in [-0.1, -0.05) is 0 Å². The Morgan fingerprint density at radius 2 is 2.18 bits per heavy atom. The summed E-state index contributed by atoms with van der Waals surface area (Å²) < 4.78 is 0. The molecule has 0 bridgehead atoms.